The van der Waals surface area contributed by atoms with Crippen LogP contribution in [0.2, 0.25) is 0 Å². The number of hydrogen-bond acceptors (Lipinski definition) is 4. The lowest BCUT2D eigenvalue weighted by molar-refractivity contribution is -0.116. The summed E-state index contributed by atoms with van der Waals surface area (Å²) in [6, 6.07) is 7.16. The first-order chi connectivity index (χ1) is 9.95. The number of ether oxygens (including phenoxy) is 1. The molecule has 0 fully saturated rings. The lowest BCUT2D eigenvalue weighted by atomic mass is 10.3. The highest BCUT2D eigenvalue weighted by molar-refractivity contribution is 7.07. The van der Waals surface area contributed by atoms with Gasteiger partial charge in [-0.3, -0.25) is 14.2 Å². The standard InChI is InChI=1S/C15H18N2O3S/c1-10(2)20-13-6-4-12(5-7-13)16-14(18)8-17-11(3)9-21-15(17)19/h4-7,9-10H,8H2,1-3H3,(H,16,18). The van der Waals surface area contributed by atoms with Gasteiger partial charge < -0.3 is 10.1 Å². The number of rotatable bonds is 5. The molecular weight excluding hydrogens is 288 g/mol. The number of carbonyl (C=O) groups is 1. The molecule has 1 heterocycles. The highest BCUT2D eigenvalue weighted by Crippen LogP contribution is 2.17. The predicted octanol–water partition coefficient (Wildman–Crippen LogP) is 2.64. The van der Waals surface area contributed by atoms with E-state index in [0.29, 0.717) is 5.69 Å². The monoisotopic (exact) mass is 306 g/mol. The zero-order valence-electron chi connectivity index (χ0n) is 12.3. The van der Waals surface area contributed by atoms with Gasteiger partial charge in [0.2, 0.25) is 5.91 Å². The summed E-state index contributed by atoms with van der Waals surface area (Å²) in [6.45, 7) is 5.74. The van der Waals surface area contributed by atoms with Crippen LogP contribution in [-0.4, -0.2) is 16.6 Å². The third-order valence-electron chi connectivity index (χ3n) is 2.79. The second-order valence-corrected chi connectivity index (χ2v) is 5.79. The minimum Gasteiger partial charge on any atom is -0.491 e. The second kappa shape index (κ2) is 6.58. The van der Waals surface area contributed by atoms with E-state index < -0.39 is 0 Å². The number of benzene rings is 1. The summed E-state index contributed by atoms with van der Waals surface area (Å²) in [6.07, 6.45) is 0.110. The molecule has 0 aliphatic rings. The smallest absolute Gasteiger partial charge is 0.307 e. The molecule has 0 unspecified atom stereocenters. The van der Waals surface area contributed by atoms with E-state index in [1.165, 1.54) is 4.57 Å². The van der Waals surface area contributed by atoms with Gasteiger partial charge in [-0.05, 0) is 45.0 Å². The minimum atomic E-state index is -0.226. The molecule has 21 heavy (non-hydrogen) atoms. The summed E-state index contributed by atoms with van der Waals surface area (Å²) in [5, 5.41) is 4.51. The maximum atomic E-state index is 11.9. The minimum absolute atomic E-state index is 0.0262. The van der Waals surface area contributed by atoms with Gasteiger partial charge in [0.15, 0.2) is 0 Å². The Morgan fingerprint density at radius 1 is 1.33 bits per heavy atom. The highest BCUT2D eigenvalue weighted by atomic mass is 32.1. The first-order valence-electron chi connectivity index (χ1n) is 6.67. The van der Waals surface area contributed by atoms with Gasteiger partial charge in [-0.2, -0.15) is 0 Å². The number of nitrogens with one attached hydrogen (secondary N) is 1. The summed E-state index contributed by atoms with van der Waals surface area (Å²) in [5.41, 5.74) is 1.47. The van der Waals surface area contributed by atoms with Gasteiger partial charge >= 0.3 is 4.87 Å². The maximum absolute atomic E-state index is 11.9. The molecule has 0 bridgehead atoms. The van der Waals surface area contributed by atoms with Crippen molar-refractivity contribution >= 4 is 22.9 Å². The van der Waals surface area contributed by atoms with Crippen LogP contribution < -0.4 is 14.9 Å². The molecule has 5 nitrogen and oxygen atoms in total. The Morgan fingerprint density at radius 3 is 2.52 bits per heavy atom. The summed E-state index contributed by atoms with van der Waals surface area (Å²) in [7, 11) is 0. The largest absolute Gasteiger partial charge is 0.491 e. The topological polar surface area (TPSA) is 60.3 Å². The number of aryl methyl sites for hydroxylation is 1. The quantitative estimate of drug-likeness (QED) is 0.924. The number of anilines is 1. The van der Waals surface area contributed by atoms with E-state index in [4.69, 9.17) is 4.74 Å². The fourth-order valence-corrected chi connectivity index (χ4v) is 2.56. The van der Waals surface area contributed by atoms with Gasteiger partial charge in [0.1, 0.15) is 12.3 Å². The SMILES string of the molecule is Cc1csc(=O)n1CC(=O)Nc1ccc(OC(C)C)cc1. The fraction of sp³-hybridized carbons (Fsp3) is 0.333. The molecular formula is C15H18N2O3S. The van der Waals surface area contributed by atoms with Crippen molar-refractivity contribution in [3.8, 4) is 5.75 Å². The summed E-state index contributed by atoms with van der Waals surface area (Å²) in [5.74, 6) is 0.532. The predicted molar refractivity (Wildman–Crippen MR) is 84.2 cm³/mol. The molecule has 1 aromatic heterocycles. The van der Waals surface area contributed by atoms with Crippen molar-refractivity contribution in [2.24, 2.45) is 0 Å². The van der Waals surface area contributed by atoms with Crippen LogP contribution in [0.15, 0.2) is 34.4 Å². The van der Waals surface area contributed by atoms with Gasteiger partial charge in [0.25, 0.3) is 0 Å². The first-order valence-corrected chi connectivity index (χ1v) is 7.55. The van der Waals surface area contributed by atoms with E-state index in [9.17, 15) is 9.59 Å². The van der Waals surface area contributed by atoms with Crippen molar-refractivity contribution < 1.29 is 9.53 Å². The number of hydrogen-bond donors (Lipinski definition) is 1. The van der Waals surface area contributed by atoms with Gasteiger partial charge in [-0.15, -0.1) is 0 Å². The molecule has 0 saturated heterocycles. The van der Waals surface area contributed by atoms with Crippen molar-refractivity contribution in [1.29, 1.82) is 0 Å². The molecule has 0 spiro atoms. The fourth-order valence-electron chi connectivity index (χ4n) is 1.83. The van der Waals surface area contributed by atoms with E-state index in [1.807, 2.05) is 20.8 Å². The molecule has 2 rings (SSSR count). The molecule has 1 amide bonds. The number of amides is 1. The Kier molecular flexibility index (Phi) is 4.80. The first kappa shape index (κ1) is 15.3. The molecule has 6 heteroatoms. The Bertz CT molecular complexity index is 671. The van der Waals surface area contributed by atoms with Crippen LogP contribution in [0.4, 0.5) is 5.69 Å². The van der Waals surface area contributed by atoms with Crippen LogP contribution in [0.25, 0.3) is 0 Å². The number of thiazole rings is 1. The van der Waals surface area contributed by atoms with Crippen molar-refractivity contribution in [2.45, 2.75) is 33.4 Å². The number of carbonyl (C=O) groups excluding carboxylic acids is 1. The van der Waals surface area contributed by atoms with Gasteiger partial charge in [0.05, 0.1) is 6.10 Å². The van der Waals surface area contributed by atoms with Crippen LogP contribution in [0.5, 0.6) is 5.75 Å². The van der Waals surface area contributed by atoms with Crippen molar-refractivity contribution in [3.05, 3.63) is 45.0 Å². The van der Waals surface area contributed by atoms with Crippen molar-refractivity contribution in [2.75, 3.05) is 5.32 Å². The highest BCUT2D eigenvalue weighted by Gasteiger charge is 2.08. The van der Waals surface area contributed by atoms with Gasteiger partial charge in [-0.1, -0.05) is 11.3 Å². The number of aromatic nitrogens is 1. The molecule has 0 saturated carbocycles. The Morgan fingerprint density at radius 2 is 2.00 bits per heavy atom. The maximum Gasteiger partial charge on any atom is 0.307 e. The van der Waals surface area contributed by atoms with Crippen LogP contribution in [0, 0.1) is 6.92 Å². The van der Waals surface area contributed by atoms with Gasteiger partial charge in [0, 0.05) is 16.8 Å². The summed E-state index contributed by atoms with van der Waals surface area (Å²) < 4.78 is 6.99. The third kappa shape index (κ3) is 4.19. The zero-order valence-corrected chi connectivity index (χ0v) is 13.1. The van der Waals surface area contributed by atoms with Crippen LogP contribution >= 0.6 is 11.3 Å². The Balaban J connectivity index is 1.98. The van der Waals surface area contributed by atoms with Crippen LogP contribution in [0.3, 0.4) is 0 Å². The summed E-state index contributed by atoms with van der Waals surface area (Å²) >= 11 is 1.10. The number of nitrogens with zero attached hydrogens (tertiary/aromatic N) is 1. The summed E-state index contributed by atoms with van der Waals surface area (Å²) in [4.78, 5) is 23.4. The van der Waals surface area contributed by atoms with E-state index in [2.05, 4.69) is 5.32 Å². The lowest BCUT2D eigenvalue weighted by Crippen LogP contribution is -2.25. The third-order valence-corrected chi connectivity index (χ3v) is 3.67. The Labute approximate surface area is 127 Å². The second-order valence-electron chi connectivity index (χ2n) is 4.97. The normalized spacial score (nSPS) is 10.7. The molecule has 0 aliphatic carbocycles. The molecule has 2 aromatic rings. The molecule has 0 aliphatic heterocycles. The van der Waals surface area contributed by atoms with Crippen LogP contribution in [0.1, 0.15) is 19.5 Å². The Hall–Kier alpha value is -2.08. The van der Waals surface area contributed by atoms with Crippen molar-refractivity contribution in [3.63, 3.8) is 0 Å². The van der Waals surface area contributed by atoms with E-state index in [1.54, 1.807) is 29.6 Å². The van der Waals surface area contributed by atoms with Crippen molar-refractivity contribution in [1.82, 2.24) is 4.57 Å². The molecule has 1 N–H and O–H groups in total. The van der Waals surface area contributed by atoms with E-state index >= 15 is 0 Å². The van der Waals surface area contributed by atoms with E-state index in [0.717, 1.165) is 22.8 Å². The molecule has 0 atom stereocenters. The average molecular weight is 306 g/mol. The molecule has 112 valence electrons. The van der Waals surface area contributed by atoms with Crippen LogP contribution in [-0.2, 0) is 11.3 Å². The lowest BCUT2D eigenvalue weighted by Gasteiger charge is -2.11. The zero-order chi connectivity index (χ0) is 15.4. The molecule has 1 aromatic carbocycles. The molecule has 0 radical (unpaired) electrons. The average Bonchev–Trinajstić information content (AvgIpc) is 2.72. The van der Waals surface area contributed by atoms with Gasteiger partial charge in [-0.25, -0.2) is 0 Å². The van der Waals surface area contributed by atoms with E-state index in [-0.39, 0.29) is 23.4 Å².